The quantitative estimate of drug-likeness (QED) is 0.636. The topological polar surface area (TPSA) is 24.9 Å². The fourth-order valence-corrected chi connectivity index (χ4v) is 4.66. The number of nitrogens with zero attached hydrogens (tertiary/aromatic N) is 2. The molecular weight excluding hydrogens is 419 g/mol. The van der Waals surface area contributed by atoms with Gasteiger partial charge in [0.05, 0.1) is 19.8 Å². The van der Waals surface area contributed by atoms with Crippen molar-refractivity contribution in [2.75, 3.05) is 51.3 Å². The van der Waals surface area contributed by atoms with E-state index in [4.69, 9.17) is 9.47 Å². The number of fused-ring (bicyclic) bond motifs is 1. The lowest BCUT2D eigenvalue weighted by molar-refractivity contribution is -0.0504. The highest BCUT2D eigenvalue weighted by Crippen LogP contribution is 2.41. The number of hydrogen-bond acceptors (Lipinski definition) is 4. The molecule has 2 aromatic rings. The second-order valence-electron chi connectivity index (χ2n) is 8.65. The number of anilines is 1. The molecule has 2 aliphatic rings. The van der Waals surface area contributed by atoms with Gasteiger partial charge in [-0.3, -0.25) is 4.90 Å². The van der Waals surface area contributed by atoms with Crippen LogP contribution in [0, 0.1) is 5.41 Å². The van der Waals surface area contributed by atoms with E-state index in [-0.39, 0.29) is 36.3 Å². The summed E-state index contributed by atoms with van der Waals surface area (Å²) in [5, 5.41) is 0. The Hall–Kier alpha value is -1.46. The molecule has 30 heavy (non-hydrogen) atoms. The third kappa shape index (κ3) is 5.42. The minimum Gasteiger partial charge on any atom is -0.497 e. The van der Waals surface area contributed by atoms with Gasteiger partial charge in [0.1, 0.15) is 5.75 Å². The first-order valence-corrected chi connectivity index (χ1v) is 10.4. The zero-order valence-corrected chi connectivity index (χ0v) is 19.8. The number of hydrogen-bond donors (Lipinski definition) is 0. The van der Waals surface area contributed by atoms with Gasteiger partial charge in [0.2, 0.25) is 0 Å². The molecule has 4 nitrogen and oxygen atoms in total. The maximum absolute atomic E-state index is 6.27. The lowest BCUT2D eigenvalue weighted by Gasteiger charge is -2.44. The van der Waals surface area contributed by atoms with E-state index in [2.05, 4.69) is 60.0 Å². The molecule has 0 spiro atoms. The van der Waals surface area contributed by atoms with Crippen molar-refractivity contribution < 1.29 is 9.47 Å². The lowest BCUT2D eigenvalue weighted by Crippen LogP contribution is -2.50. The summed E-state index contributed by atoms with van der Waals surface area (Å²) >= 11 is 0. The number of methoxy groups -OCH3 is 1. The minimum absolute atomic E-state index is 0. The van der Waals surface area contributed by atoms with Crippen LogP contribution in [0.2, 0.25) is 0 Å². The predicted octanol–water partition coefficient (Wildman–Crippen LogP) is 5.00. The van der Waals surface area contributed by atoms with E-state index < -0.39 is 0 Å². The van der Waals surface area contributed by atoms with Gasteiger partial charge in [-0.2, -0.15) is 0 Å². The molecule has 1 atom stereocenters. The highest BCUT2D eigenvalue weighted by molar-refractivity contribution is 5.85. The first-order valence-electron chi connectivity index (χ1n) is 10.4. The van der Waals surface area contributed by atoms with E-state index in [1.165, 1.54) is 16.8 Å². The van der Waals surface area contributed by atoms with Gasteiger partial charge in [0.15, 0.2) is 0 Å². The molecule has 0 bridgehead atoms. The third-order valence-corrected chi connectivity index (χ3v) is 6.14. The van der Waals surface area contributed by atoms with Gasteiger partial charge in [-0.25, -0.2) is 0 Å². The maximum Gasteiger partial charge on any atom is 0.119 e. The minimum atomic E-state index is 0. The van der Waals surface area contributed by atoms with E-state index in [9.17, 15) is 0 Å². The number of rotatable bonds is 5. The summed E-state index contributed by atoms with van der Waals surface area (Å²) in [6, 6.07) is 17.2. The van der Waals surface area contributed by atoms with Crippen molar-refractivity contribution in [3.8, 4) is 5.75 Å². The maximum atomic E-state index is 6.27. The molecule has 2 aliphatic heterocycles. The Bertz CT molecular complexity index is 790. The molecule has 6 heteroatoms. The molecule has 1 fully saturated rings. The first kappa shape index (κ1) is 24.8. The lowest BCUT2D eigenvalue weighted by atomic mass is 9.79. The molecule has 2 aromatic carbocycles. The second kappa shape index (κ2) is 10.7. The Labute approximate surface area is 193 Å². The van der Waals surface area contributed by atoms with Gasteiger partial charge in [-0.1, -0.05) is 38.1 Å². The zero-order chi connectivity index (χ0) is 19.6. The highest BCUT2D eigenvalue weighted by atomic mass is 35.5. The van der Waals surface area contributed by atoms with Crippen LogP contribution in [0.4, 0.5) is 5.69 Å². The van der Waals surface area contributed by atoms with E-state index in [0.29, 0.717) is 0 Å². The fraction of sp³-hybridized carbons (Fsp3) is 0.500. The molecule has 0 amide bonds. The third-order valence-electron chi connectivity index (χ3n) is 6.14. The molecule has 1 saturated heterocycles. The number of halogens is 2. The van der Waals surface area contributed by atoms with Gasteiger partial charge in [0, 0.05) is 43.8 Å². The van der Waals surface area contributed by atoms with Crippen molar-refractivity contribution in [1.29, 1.82) is 0 Å². The summed E-state index contributed by atoms with van der Waals surface area (Å²) in [5.74, 6) is 0.914. The van der Waals surface area contributed by atoms with Crippen LogP contribution in [0.3, 0.4) is 0 Å². The Kier molecular flexibility index (Phi) is 8.86. The standard InChI is InChI=1S/C24H32N2O2.2ClH/c1-24(2,23-22-7-5-4-6-19(22)12-17-28-23)18-25-13-15-26(16-14-25)20-8-10-21(27-3)11-9-20;;/h4-11,23H,12-18H2,1-3H3;2*1H. The summed E-state index contributed by atoms with van der Waals surface area (Å²) < 4.78 is 11.5. The van der Waals surface area contributed by atoms with Gasteiger partial charge < -0.3 is 14.4 Å². The largest absolute Gasteiger partial charge is 0.497 e. The summed E-state index contributed by atoms with van der Waals surface area (Å²) in [6.45, 7) is 10.9. The summed E-state index contributed by atoms with van der Waals surface area (Å²) in [5.41, 5.74) is 4.20. The molecule has 166 valence electrons. The van der Waals surface area contributed by atoms with Crippen LogP contribution in [-0.4, -0.2) is 51.3 Å². The zero-order valence-electron chi connectivity index (χ0n) is 18.2. The molecular formula is C24H34Cl2N2O2. The van der Waals surface area contributed by atoms with Crippen LogP contribution in [0.5, 0.6) is 5.75 Å². The second-order valence-corrected chi connectivity index (χ2v) is 8.65. The Morgan fingerprint density at radius 1 is 0.967 bits per heavy atom. The molecule has 0 aromatic heterocycles. The fourth-order valence-electron chi connectivity index (χ4n) is 4.66. The van der Waals surface area contributed by atoms with Crippen LogP contribution in [-0.2, 0) is 11.2 Å². The van der Waals surface area contributed by atoms with Gasteiger partial charge in [0.25, 0.3) is 0 Å². The normalized spacial score (nSPS) is 19.3. The van der Waals surface area contributed by atoms with E-state index >= 15 is 0 Å². The van der Waals surface area contributed by atoms with E-state index in [1.54, 1.807) is 7.11 Å². The smallest absolute Gasteiger partial charge is 0.119 e. The molecule has 1 unspecified atom stereocenters. The van der Waals surface area contributed by atoms with E-state index in [1.807, 2.05) is 12.1 Å². The number of ether oxygens (including phenoxy) is 2. The predicted molar refractivity (Wildman–Crippen MR) is 129 cm³/mol. The van der Waals surface area contributed by atoms with Gasteiger partial charge in [-0.05, 0) is 41.8 Å². The van der Waals surface area contributed by atoms with Crippen molar-refractivity contribution in [3.63, 3.8) is 0 Å². The van der Waals surface area contributed by atoms with Crippen LogP contribution in [0.15, 0.2) is 48.5 Å². The molecule has 0 saturated carbocycles. The number of piperazine rings is 1. The average molecular weight is 453 g/mol. The Balaban J connectivity index is 0.00000160. The molecule has 4 rings (SSSR count). The Morgan fingerprint density at radius 3 is 2.30 bits per heavy atom. The van der Waals surface area contributed by atoms with Crippen LogP contribution < -0.4 is 9.64 Å². The van der Waals surface area contributed by atoms with Crippen LogP contribution >= 0.6 is 24.8 Å². The molecule has 0 radical (unpaired) electrons. The average Bonchev–Trinajstić information content (AvgIpc) is 2.74. The van der Waals surface area contributed by atoms with Crippen LogP contribution in [0.25, 0.3) is 0 Å². The first-order chi connectivity index (χ1) is 13.6. The van der Waals surface area contributed by atoms with Crippen molar-refractivity contribution >= 4 is 30.5 Å². The Morgan fingerprint density at radius 2 is 1.63 bits per heavy atom. The summed E-state index contributed by atoms with van der Waals surface area (Å²) in [4.78, 5) is 5.07. The SMILES string of the molecule is COc1ccc(N2CCN(CC(C)(C)C3OCCc4ccccc43)CC2)cc1.Cl.Cl. The van der Waals surface area contributed by atoms with E-state index in [0.717, 1.165) is 51.5 Å². The van der Waals surface area contributed by atoms with Crippen LogP contribution in [0.1, 0.15) is 31.1 Å². The van der Waals surface area contributed by atoms with Crippen molar-refractivity contribution in [1.82, 2.24) is 4.90 Å². The summed E-state index contributed by atoms with van der Waals surface area (Å²) in [7, 11) is 1.71. The highest BCUT2D eigenvalue weighted by Gasteiger charge is 2.37. The molecule has 0 N–H and O–H groups in total. The molecule has 0 aliphatic carbocycles. The van der Waals surface area contributed by atoms with Crippen molar-refractivity contribution in [2.45, 2.75) is 26.4 Å². The number of benzene rings is 2. The van der Waals surface area contributed by atoms with Crippen molar-refractivity contribution in [3.05, 3.63) is 59.7 Å². The monoisotopic (exact) mass is 452 g/mol. The summed E-state index contributed by atoms with van der Waals surface area (Å²) in [6.07, 6.45) is 1.21. The van der Waals surface area contributed by atoms with Gasteiger partial charge in [-0.15, -0.1) is 24.8 Å². The van der Waals surface area contributed by atoms with Crippen molar-refractivity contribution in [2.24, 2.45) is 5.41 Å². The molecule has 2 heterocycles. The van der Waals surface area contributed by atoms with Gasteiger partial charge >= 0.3 is 0 Å².